The van der Waals surface area contributed by atoms with E-state index in [2.05, 4.69) is 86.4 Å². The van der Waals surface area contributed by atoms with Crippen molar-refractivity contribution in [1.29, 1.82) is 0 Å². The highest BCUT2D eigenvalue weighted by Gasteiger charge is 2.13. The Balaban J connectivity index is 0.813. The molecule has 0 aliphatic carbocycles. The van der Waals surface area contributed by atoms with Gasteiger partial charge in [-0.15, -0.1) is 86.4 Å². The molecule has 12 nitrogen and oxygen atoms in total. The molecule has 30 heteroatoms. The summed E-state index contributed by atoms with van der Waals surface area (Å²) < 4.78 is 10.7. The summed E-state index contributed by atoms with van der Waals surface area (Å²) in [5.41, 5.74) is 0. The quantitative estimate of drug-likeness (QED) is 0.0304. The second kappa shape index (κ2) is 21.4. The molecular formula is C18H14N12S18. The zero-order chi connectivity index (χ0) is 33.0. The van der Waals surface area contributed by atoms with E-state index in [9.17, 15) is 0 Å². The van der Waals surface area contributed by atoms with Crippen LogP contribution >= 0.6 is 207 Å². The summed E-state index contributed by atoms with van der Waals surface area (Å²) in [5, 5.41) is 50.5. The van der Waals surface area contributed by atoms with Gasteiger partial charge in [0.05, 0.1) is 0 Å². The van der Waals surface area contributed by atoms with E-state index >= 15 is 0 Å². The highest BCUT2D eigenvalue weighted by atomic mass is 33.1. The van der Waals surface area contributed by atoms with E-state index in [1.54, 1.807) is 159 Å². The highest BCUT2D eigenvalue weighted by molar-refractivity contribution is 8.77. The van der Waals surface area contributed by atoms with E-state index in [0.717, 1.165) is 77.9 Å². The molecule has 0 amide bonds. The van der Waals surface area contributed by atoms with Crippen LogP contribution in [0.5, 0.6) is 0 Å². The lowest BCUT2D eigenvalue weighted by molar-refractivity contribution is 0.953. The number of aromatic nitrogens is 12. The second-order valence-electron chi connectivity index (χ2n) is 7.46. The summed E-state index contributed by atoms with van der Waals surface area (Å²) >= 11 is 27.9. The van der Waals surface area contributed by atoms with Gasteiger partial charge in [-0.05, 0) is 43.2 Å². The fraction of sp³-hybridized carbons (Fsp3) is 0.333. The predicted molar refractivity (Wildman–Crippen MR) is 222 cm³/mol. The van der Waals surface area contributed by atoms with Crippen LogP contribution in [0.1, 0.15) is 0 Å². The van der Waals surface area contributed by atoms with Crippen molar-refractivity contribution < 1.29 is 0 Å². The molecule has 0 fully saturated rings. The van der Waals surface area contributed by atoms with Gasteiger partial charge < -0.3 is 0 Å². The molecule has 0 atom stereocenters. The first-order chi connectivity index (χ1) is 23.5. The fourth-order valence-corrected chi connectivity index (χ4v) is 19.8. The Morgan fingerprint density at radius 2 is 0.500 bits per heavy atom. The van der Waals surface area contributed by atoms with E-state index in [0.29, 0.717) is 8.68 Å². The Hall–Kier alpha value is 1.56. The molecule has 6 aromatic rings. The topological polar surface area (TPSA) is 155 Å². The van der Waals surface area contributed by atoms with E-state index in [4.69, 9.17) is 0 Å². The number of hydrogen-bond acceptors (Lipinski definition) is 30. The first-order valence-corrected chi connectivity index (χ1v) is 28.4. The van der Waals surface area contributed by atoms with Crippen LogP contribution < -0.4 is 0 Å². The van der Waals surface area contributed by atoms with Crippen LogP contribution in [0, 0.1) is 0 Å². The van der Waals surface area contributed by atoms with Gasteiger partial charge in [0.2, 0.25) is 0 Å². The summed E-state index contributed by atoms with van der Waals surface area (Å²) in [6, 6.07) is 0. The Labute approximate surface area is 350 Å². The molecule has 6 aromatic heterocycles. The van der Waals surface area contributed by atoms with Gasteiger partial charge in [0.25, 0.3) is 0 Å². The van der Waals surface area contributed by atoms with Crippen molar-refractivity contribution in [2.24, 2.45) is 0 Å². The molecule has 0 aliphatic rings. The molecule has 0 spiro atoms. The third kappa shape index (κ3) is 13.8. The normalized spacial score (nSPS) is 11.6. The summed E-state index contributed by atoms with van der Waals surface area (Å²) in [6.45, 7) is 0. The van der Waals surface area contributed by atoms with Crippen molar-refractivity contribution in [2.45, 2.75) is 52.1 Å². The average Bonchev–Trinajstić information content (AvgIpc) is 3.93. The maximum Gasteiger partial charge on any atom is 0.186 e. The number of hydrogen-bond donors (Lipinski definition) is 2. The van der Waals surface area contributed by atoms with Gasteiger partial charge >= 0.3 is 0 Å². The van der Waals surface area contributed by atoms with Gasteiger partial charge in [-0.1, -0.05) is 139 Å². The van der Waals surface area contributed by atoms with Crippen molar-refractivity contribution >= 4 is 207 Å². The van der Waals surface area contributed by atoms with Crippen LogP contribution in [0.15, 0.2) is 52.1 Å². The van der Waals surface area contributed by atoms with Crippen LogP contribution in [0.2, 0.25) is 0 Å². The van der Waals surface area contributed by atoms with Crippen LogP contribution in [0.3, 0.4) is 0 Å². The summed E-state index contributed by atoms with van der Waals surface area (Å²) in [5.74, 6) is 5.49. The Kier molecular flexibility index (Phi) is 17.5. The molecule has 0 saturated carbocycles. The number of rotatable bonds is 21. The van der Waals surface area contributed by atoms with Crippen molar-refractivity contribution in [3.05, 3.63) is 0 Å². The zero-order valence-corrected chi connectivity index (χ0v) is 37.9. The molecule has 6 heterocycles. The van der Waals surface area contributed by atoms with Crippen LogP contribution in [0.25, 0.3) is 0 Å². The first kappa shape index (κ1) is 39.3. The lowest BCUT2D eigenvalue weighted by atomic mass is 11.0. The lowest BCUT2D eigenvalue weighted by Crippen LogP contribution is -1.83. The summed E-state index contributed by atoms with van der Waals surface area (Å²) in [6.07, 6.45) is 0. The second-order valence-corrected chi connectivity index (χ2v) is 28.1. The third-order valence-electron chi connectivity index (χ3n) is 4.31. The van der Waals surface area contributed by atoms with Crippen LogP contribution in [-0.2, 0) is 0 Å². The molecule has 254 valence electrons. The molecule has 0 unspecified atom stereocenters. The van der Waals surface area contributed by atoms with Gasteiger partial charge in [-0.2, -0.15) is 0 Å². The molecular weight excluding hydrogens is 961 g/mol. The minimum absolute atomic E-state index is 0.690. The molecule has 0 N–H and O–H groups in total. The largest absolute Gasteiger partial charge is 0.186 e. The Morgan fingerprint density at radius 1 is 0.292 bits per heavy atom. The Morgan fingerprint density at radius 3 is 0.729 bits per heavy atom. The molecule has 6 rings (SSSR count). The van der Waals surface area contributed by atoms with Crippen LogP contribution in [-0.4, -0.2) is 95.7 Å². The van der Waals surface area contributed by atoms with Gasteiger partial charge in [0.15, 0.2) is 52.1 Å². The van der Waals surface area contributed by atoms with Gasteiger partial charge in [0.1, 0.15) is 0 Å². The number of thiol groups is 2. The summed E-state index contributed by atoms with van der Waals surface area (Å²) in [7, 11) is 6.25. The van der Waals surface area contributed by atoms with E-state index in [1.807, 2.05) is 0 Å². The molecule has 48 heavy (non-hydrogen) atoms. The molecule has 0 radical (unpaired) electrons. The van der Waals surface area contributed by atoms with Crippen molar-refractivity contribution in [2.75, 3.05) is 34.5 Å². The summed E-state index contributed by atoms with van der Waals surface area (Å²) in [4.78, 5) is 0. The van der Waals surface area contributed by atoms with Crippen molar-refractivity contribution in [1.82, 2.24) is 61.2 Å². The van der Waals surface area contributed by atoms with Crippen LogP contribution in [0.4, 0.5) is 0 Å². The van der Waals surface area contributed by atoms with Gasteiger partial charge in [-0.3, -0.25) is 0 Å². The van der Waals surface area contributed by atoms with E-state index < -0.39 is 0 Å². The van der Waals surface area contributed by atoms with E-state index in [1.165, 1.54) is 22.7 Å². The lowest BCUT2D eigenvalue weighted by Gasteiger charge is -1.95. The molecule has 0 saturated heterocycles. The fourth-order valence-electron chi connectivity index (χ4n) is 2.59. The van der Waals surface area contributed by atoms with Gasteiger partial charge in [-0.25, -0.2) is 0 Å². The highest BCUT2D eigenvalue weighted by Crippen LogP contribution is 2.44. The minimum atomic E-state index is 0.690. The zero-order valence-electron chi connectivity index (χ0n) is 23.0. The Bertz CT molecular complexity index is 1700. The average molecular weight is 976 g/mol. The maximum atomic E-state index is 4.33. The third-order valence-corrected chi connectivity index (χ3v) is 23.7. The minimum Gasteiger partial charge on any atom is -0.131 e. The standard InChI is InChI=1S/C18H14N12S18/c31-7-19-21-9(39-7)33-1-3-35-11-23-27-15(41-11)45-47-17-29-25-13(43-17)37-5-6-38-14-26-30-18(44-14)48-46-16-28-24-12(42-16)36-4-2-34-10-22-20-8(32)40-10/h1-6H2,(H,19,31)(H,20,32). The van der Waals surface area contributed by atoms with E-state index in [-0.39, 0.29) is 0 Å². The smallest absolute Gasteiger partial charge is 0.131 e. The van der Waals surface area contributed by atoms with Crippen molar-refractivity contribution in [3.8, 4) is 0 Å². The first-order valence-electron chi connectivity index (χ1n) is 12.4. The molecule has 0 aromatic carbocycles. The van der Waals surface area contributed by atoms with Crippen molar-refractivity contribution in [3.63, 3.8) is 0 Å². The molecule has 0 aliphatic heterocycles. The number of nitrogens with zero attached hydrogens (tertiary/aromatic N) is 12. The maximum absolute atomic E-state index is 4.33. The predicted octanol–water partition coefficient (Wildman–Crippen LogP) is 9.62. The number of thioether (sulfide) groups is 6. The van der Waals surface area contributed by atoms with Gasteiger partial charge in [0, 0.05) is 34.5 Å². The SMILES string of the molecule is Sc1nnc(SCCSc2nnc(SSc3nnc(SCCSc4nnc(SSc5nnc(SCCSc6nnc(S)s6)s5)s4)s3)s2)s1. The molecule has 0 bridgehead atoms. The monoisotopic (exact) mass is 974 g/mol.